The molecule has 1 fully saturated rings. The van der Waals surface area contributed by atoms with Crippen LogP contribution in [0.1, 0.15) is 25.0 Å². The molecule has 0 aromatic heterocycles. The van der Waals surface area contributed by atoms with Crippen molar-refractivity contribution < 1.29 is 0 Å². The normalized spacial score (nSPS) is 26.1. The van der Waals surface area contributed by atoms with Gasteiger partial charge in [0.15, 0.2) is 0 Å². The summed E-state index contributed by atoms with van der Waals surface area (Å²) in [4.78, 5) is 2.58. The molecule has 2 atom stereocenters. The van der Waals surface area contributed by atoms with Crippen LogP contribution in [-0.2, 0) is 13.1 Å². The maximum Gasteiger partial charge on any atom is 0.0237 e. The third-order valence-corrected chi connectivity index (χ3v) is 4.97. The molecule has 1 aromatic carbocycles. The molecule has 2 nitrogen and oxygen atoms in total. The number of hydrogen-bond donors (Lipinski definition) is 1. The lowest BCUT2D eigenvalue weighted by Gasteiger charge is -2.37. The summed E-state index contributed by atoms with van der Waals surface area (Å²) in [6, 6.07) is 9.32. The van der Waals surface area contributed by atoms with Gasteiger partial charge in [-0.05, 0) is 18.1 Å². The molecule has 0 amide bonds. The lowest BCUT2D eigenvalue weighted by molar-refractivity contribution is 0.204. The standard InChI is InChI=1S/C14H22N2S/c1-11-12(2)17-7-6-16(11)10-14-5-3-4-13(8-14)9-15/h3-5,8,11-12H,6-7,9-10,15H2,1-2H3. The van der Waals surface area contributed by atoms with Gasteiger partial charge in [-0.1, -0.05) is 31.2 Å². The van der Waals surface area contributed by atoms with E-state index in [4.69, 9.17) is 5.73 Å². The van der Waals surface area contributed by atoms with Gasteiger partial charge in [-0.2, -0.15) is 11.8 Å². The molecule has 1 aliphatic rings. The Labute approximate surface area is 109 Å². The zero-order chi connectivity index (χ0) is 12.3. The summed E-state index contributed by atoms with van der Waals surface area (Å²) in [6.45, 7) is 7.56. The molecule has 17 heavy (non-hydrogen) atoms. The maximum absolute atomic E-state index is 5.68. The summed E-state index contributed by atoms with van der Waals surface area (Å²) >= 11 is 2.09. The first-order chi connectivity index (χ1) is 8.20. The highest BCUT2D eigenvalue weighted by Gasteiger charge is 2.24. The Hall–Kier alpha value is -0.510. The molecule has 1 heterocycles. The Kier molecular flexibility index (Phi) is 4.48. The van der Waals surface area contributed by atoms with E-state index in [-0.39, 0.29) is 0 Å². The van der Waals surface area contributed by atoms with E-state index in [9.17, 15) is 0 Å². The molecule has 1 aliphatic heterocycles. The van der Waals surface area contributed by atoms with Gasteiger partial charge in [0.2, 0.25) is 0 Å². The molecular weight excluding hydrogens is 228 g/mol. The monoisotopic (exact) mass is 250 g/mol. The van der Waals surface area contributed by atoms with Crippen molar-refractivity contribution in [3.63, 3.8) is 0 Å². The van der Waals surface area contributed by atoms with Gasteiger partial charge in [0.1, 0.15) is 0 Å². The van der Waals surface area contributed by atoms with Crippen LogP contribution in [0.4, 0.5) is 0 Å². The van der Waals surface area contributed by atoms with E-state index in [1.54, 1.807) is 0 Å². The molecule has 1 aromatic rings. The number of nitrogens with zero attached hydrogens (tertiary/aromatic N) is 1. The predicted octanol–water partition coefficient (Wildman–Crippen LogP) is 2.47. The molecule has 94 valence electrons. The van der Waals surface area contributed by atoms with Gasteiger partial charge >= 0.3 is 0 Å². The zero-order valence-electron chi connectivity index (χ0n) is 10.7. The van der Waals surface area contributed by atoms with Gasteiger partial charge in [-0.25, -0.2) is 0 Å². The third-order valence-electron chi connectivity index (χ3n) is 3.63. The largest absolute Gasteiger partial charge is 0.326 e. The highest BCUT2D eigenvalue weighted by atomic mass is 32.2. The van der Waals surface area contributed by atoms with E-state index in [2.05, 4.69) is 54.8 Å². The molecule has 1 saturated heterocycles. The zero-order valence-corrected chi connectivity index (χ0v) is 11.5. The summed E-state index contributed by atoms with van der Waals surface area (Å²) in [5.74, 6) is 1.25. The van der Waals surface area contributed by atoms with Crippen LogP contribution in [0.25, 0.3) is 0 Å². The Morgan fingerprint density at radius 2 is 2.12 bits per heavy atom. The lowest BCUT2D eigenvalue weighted by Crippen LogP contribution is -2.43. The summed E-state index contributed by atoms with van der Waals surface area (Å²) in [6.07, 6.45) is 0. The second-order valence-electron chi connectivity index (χ2n) is 4.81. The average molecular weight is 250 g/mol. The molecule has 0 saturated carbocycles. The number of rotatable bonds is 3. The molecular formula is C14H22N2S. The van der Waals surface area contributed by atoms with Crippen molar-refractivity contribution in [2.24, 2.45) is 5.73 Å². The van der Waals surface area contributed by atoms with Gasteiger partial charge in [0.25, 0.3) is 0 Å². The topological polar surface area (TPSA) is 29.3 Å². The van der Waals surface area contributed by atoms with Crippen molar-refractivity contribution in [3.8, 4) is 0 Å². The predicted molar refractivity (Wildman–Crippen MR) is 76.1 cm³/mol. The van der Waals surface area contributed by atoms with Crippen LogP contribution in [0.15, 0.2) is 24.3 Å². The van der Waals surface area contributed by atoms with Crippen LogP contribution < -0.4 is 5.73 Å². The van der Waals surface area contributed by atoms with Gasteiger partial charge in [-0.15, -0.1) is 0 Å². The van der Waals surface area contributed by atoms with Gasteiger partial charge < -0.3 is 5.73 Å². The first-order valence-electron chi connectivity index (χ1n) is 6.34. The molecule has 2 unspecified atom stereocenters. The highest BCUT2D eigenvalue weighted by Crippen LogP contribution is 2.25. The highest BCUT2D eigenvalue weighted by molar-refractivity contribution is 8.00. The maximum atomic E-state index is 5.68. The van der Waals surface area contributed by atoms with Crippen molar-refractivity contribution in [2.45, 2.75) is 38.2 Å². The van der Waals surface area contributed by atoms with Gasteiger partial charge in [0, 0.05) is 36.7 Å². The molecule has 0 radical (unpaired) electrons. The van der Waals surface area contributed by atoms with E-state index in [0.717, 1.165) is 11.8 Å². The minimum atomic E-state index is 0.635. The second kappa shape index (κ2) is 5.89. The summed E-state index contributed by atoms with van der Waals surface area (Å²) in [5.41, 5.74) is 8.30. The van der Waals surface area contributed by atoms with Crippen LogP contribution in [0.3, 0.4) is 0 Å². The number of nitrogens with two attached hydrogens (primary N) is 1. The van der Waals surface area contributed by atoms with E-state index in [0.29, 0.717) is 12.6 Å². The molecule has 3 heteroatoms. The van der Waals surface area contributed by atoms with Crippen LogP contribution in [0, 0.1) is 0 Å². The number of hydrogen-bond acceptors (Lipinski definition) is 3. The lowest BCUT2D eigenvalue weighted by atomic mass is 10.1. The first kappa shape index (κ1) is 12.9. The molecule has 2 N–H and O–H groups in total. The summed E-state index contributed by atoms with van der Waals surface area (Å²) in [7, 11) is 0. The number of thioether (sulfide) groups is 1. The fourth-order valence-corrected chi connectivity index (χ4v) is 3.47. The van der Waals surface area contributed by atoms with Crippen LogP contribution in [-0.4, -0.2) is 28.5 Å². The number of benzene rings is 1. The van der Waals surface area contributed by atoms with Gasteiger partial charge in [0.05, 0.1) is 0 Å². The fourth-order valence-electron chi connectivity index (χ4n) is 2.31. The summed E-state index contributed by atoms with van der Waals surface area (Å²) in [5, 5.41) is 0.737. The molecule has 0 spiro atoms. The van der Waals surface area contributed by atoms with E-state index < -0.39 is 0 Å². The smallest absolute Gasteiger partial charge is 0.0237 e. The Balaban J connectivity index is 2.04. The average Bonchev–Trinajstić information content (AvgIpc) is 2.35. The Bertz CT molecular complexity index is 367. The van der Waals surface area contributed by atoms with Crippen molar-refractivity contribution >= 4 is 11.8 Å². The molecule has 2 rings (SSSR count). The minimum absolute atomic E-state index is 0.635. The molecule has 0 bridgehead atoms. The van der Waals surface area contributed by atoms with E-state index in [1.165, 1.54) is 23.4 Å². The van der Waals surface area contributed by atoms with E-state index >= 15 is 0 Å². The Morgan fingerprint density at radius 3 is 2.88 bits per heavy atom. The SMILES string of the molecule is CC1SCCN(Cc2cccc(CN)c2)C1C. The van der Waals surface area contributed by atoms with Crippen LogP contribution >= 0.6 is 11.8 Å². The van der Waals surface area contributed by atoms with Crippen molar-refractivity contribution in [1.82, 2.24) is 4.90 Å². The van der Waals surface area contributed by atoms with Gasteiger partial charge in [-0.3, -0.25) is 4.90 Å². The van der Waals surface area contributed by atoms with Crippen molar-refractivity contribution in [2.75, 3.05) is 12.3 Å². The van der Waals surface area contributed by atoms with Crippen LogP contribution in [0.5, 0.6) is 0 Å². The fraction of sp³-hybridized carbons (Fsp3) is 0.571. The van der Waals surface area contributed by atoms with Crippen molar-refractivity contribution in [1.29, 1.82) is 0 Å². The molecule has 0 aliphatic carbocycles. The quantitative estimate of drug-likeness (QED) is 0.893. The third kappa shape index (κ3) is 3.24. The Morgan fingerprint density at radius 1 is 1.35 bits per heavy atom. The van der Waals surface area contributed by atoms with E-state index in [1.807, 2.05) is 0 Å². The van der Waals surface area contributed by atoms with Crippen LogP contribution in [0.2, 0.25) is 0 Å². The first-order valence-corrected chi connectivity index (χ1v) is 7.39. The summed E-state index contributed by atoms with van der Waals surface area (Å²) < 4.78 is 0. The van der Waals surface area contributed by atoms with Crippen molar-refractivity contribution in [3.05, 3.63) is 35.4 Å². The second-order valence-corrected chi connectivity index (χ2v) is 6.30. The minimum Gasteiger partial charge on any atom is -0.326 e.